The van der Waals surface area contributed by atoms with Gasteiger partial charge in [-0.05, 0) is 36.7 Å². The molecule has 1 atom stereocenters. The van der Waals surface area contributed by atoms with Gasteiger partial charge in [-0.3, -0.25) is 4.79 Å². The Morgan fingerprint density at radius 1 is 1.00 bits per heavy atom. The first kappa shape index (κ1) is 17.2. The van der Waals surface area contributed by atoms with Gasteiger partial charge < -0.3 is 10.2 Å². The fourth-order valence-electron chi connectivity index (χ4n) is 2.67. The summed E-state index contributed by atoms with van der Waals surface area (Å²) in [5.74, 6) is 0.328. The van der Waals surface area contributed by atoms with Gasteiger partial charge in [0, 0.05) is 19.5 Å². The lowest BCUT2D eigenvalue weighted by Gasteiger charge is -2.16. The van der Waals surface area contributed by atoms with Crippen LogP contribution < -0.4 is 5.32 Å². The third-order valence-electron chi connectivity index (χ3n) is 3.94. The van der Waals surface area contributed by atoms with E-state index in [-0.39, 0.29) is 11.8 Å². The van der Waals surface area contributed by atoms with Crippen molar-refractivity contribution in [1.29, 1.82) is 0 Å². The third-order valence-corrected chi connectivity index (χ3v) is 3.94. The largest absolute Gasteiger partial charge is 0.352 e. The summed E-state index contributed by atoms with van der Waals surface area (Å²) >= 11 is 0. The lowest BCUT2D eigenvalue weighted by Crippen LogP contribution is -2.25. The summed E-state index contributed by atoms with van der Waals surface area (Å²) in [6.45, 7) is 3.56. The molecule has 3 nitrogen and oxygen atoms in total. The zero-order valence-corrected chi connectivity index (χ0v) is 14.3. The first-order valence-corrected chi connectivity index (χ1v) is 8.09. The van der Waals surface area contributed by atoms with E-state index >= 15 is 0 Å². The molecule has 0 aliphatic rings. The highest BCUT2D eigenvalue weighted by Crippen LogP contribution is 2.18. The van der Waals surface area contributed by atoms with E-state index < -0.39 is 0 Å². The minimum atomic E-state index is 0.0982. The molecule has 122 valence electrons. The van der Waals surface area contributed by atoms with Crippen LogP contribution in [0.2, 0.25) is 0 Å². The Hall–Kier alpha value is -2.13. The summed E-state index contributed by atoms with van der Waals surface area (Å²) < 4.78 is 0. The van der Waals surface area contributed by atoms with Gasteiger partial charge in [0.15, 0.2) is 0 Å². The van der Waals surface area contributed by atoms with Crippen LogP contribution in [0.5, 0.6) is 0 Å². The summed E-state index contributed by atoms with van der Waals surface area (Å²) in [6, 6.07) is 18.4. The molecule has 23 heavy (non-hydrogen) atoms. The number of carbonyl (C=O) groups is 1. The molecule has 0 aliphatic carbocycles. The number of benzene rings is 2. The molecule has 0 fully saturated rings. The number of nitrogens with one attached hydrogen (secondary N) is 1. The lowest BCUT2D eigenvalue weighted by atomic mass is 9.97. The number of hydrogen-bond acceptors (Lipinski definition) is 2. The maximum atomic E-state index is 12.2. The van der Waals surface area contributed by atoms with Gasteiger partial charge in [-0.15, -0.1) is 0 Å². The Morgan fingerprint density at radius 3 is 2.26 bits per heavy atom. The number of hydrogen-bond donors (Lipinski definition) is 1. The average molecular weight is 310 g/mol. The third kappa shape index (κ3) is 5.53. The van der Waals surface area contributed by atoms with Gasteiger partial charge in [0.25, 0.3) is 0 Å². The van der Waals surface area contributed by atoms with Crippen molar-refractivity contribution >= 4 is 5.91 Å². The molecule has 0 aromatic heterocycles. The van der Waals surface area contributed by atoms with Crippen molar-refractivity contribution in [1.82, 2.24) is 10.2 Å². The normalized spacial score (nSPS) is 12.2. The van der Waals surface area contributed by atoms with Crippen molar-refractivity contribution in [2.45, 2.75) is 32.4 Å². The number of nitrogens with zero attached hydrogens (tertiary/aromatic N) is 1. The quantitative estimate of drug-likeness (QED) is 0.848. The first-order valence-electron chi connectivity index (χ1n) is 8.09. The maximum absolute atomic E-state index is 12.2. The molecule has 0 radical (unpaired) electrons. The molecule has 1 unspecified atom stereocenters. The Labute approximate surface area is 139 Å². The molecule has 3 heteroatoms. The standard InChI is InChI=1S/C20H26N2O/c1-16(17-9-5-4-6-10-17)13-20(23)21-14-18-11-7-8-12-19(18)15-22(2)3/h4-12,16H,13-15H2,1-3H3,(H,21,23). The molecule has 0 saturated carbocycles. The Kier molecular flexibility index (Phi) is 6.36. The molecule has 2 aromatic rings. The van der Waals surface area contributed by atoms with Crippen molar-refractivity contribution in [3.8, 4) is 0 Å². The highest BCUT2D eigenvalue weighted by Gasteiger charge is 2.11. The van der Waals surface area contributed by atoms with Crippen LogP contribution in [0.4, 0.5) is 0 Å². The topological polar surface area (TPSA) is 32.3 Å². The van der Waals surface area contributed by atoms with Gasteiger partial charge in [-0.1, -0.05) is 61.5 Å². The number of carbonyl (C=O) groups excluding carboxylic acids is 1. The zero-order valence-electron chi connectivity index (χ0n) is 14.3. The molecule has 0 aliphatic heterocycles. The fourth-order valence-corrected chi connectivity index (χ4v) is 2.67. The molecular weight excluding hydrogens is 284 g/mol. The van der Waals surface area contributed by atoms with E-state index in [1.807, 2.05) is 30.3 Å². The number of rotatable bonds is 7. The first-order chi connectivity index (χ1) is 11.1. The second-order valence-corrected chi connectivity index (χ2v) is 6.30. The van der Waals surface area contributed by atoms with E-state index in [0.717, 1.165) is 6.54 Å². The number of amides is 1. The van der Waals surface area contributed by atoms with E-state index in [2.05, 4.69) is 55.5 Å². The van der Waals surface area contributed by atoms with Crippen molar-refractivity contribution in [2.24, 2.45) is 0 Å². The van der Waals surface area contributed by atoms with Crippen molar-refractivity contribution in [2.75, 3.05) is 14.1 Å². The highest BCUT2D eigenvalue weighted by atomic mass is 16.1. The molecular formula is C20H26N2O. The predicted molar refractivity (Wildman–Crippen MR) is 95.2 cm³/mol. The van der Waals surface area contributed by atoms with Crippen LogP contribution in [-0.4, -0.2) is 24.9 Å². The van der Waals surface area contributed by atoms with Gasteiger partial charge in [-0.25, -0.2) is 0 Å². The molecule has 1 N–H and O–H groups in total. The minimum Gasteiger partial charge on any atom is -0.352 e. The summed E-state index contributed by atoms with van der Waals surface area (Å²) in [5.41, 5.74) is 3.64. The predicted octanol–water partition coefficient (Wildman–Crippen LogP) is 3.56. The monoisotopic (exact) mass is 310 g/mol. The molecule has 2 rings (SSSR count). The molecule has 0 bridgehead atoms. The van der Waals surface area contributed by atoms with E-state index in [1.165, 1.54) is 16.7 Å². The highest BCUT2D eigenvalue weighted by molar-refractivity contribution is 5.76. The molecule has 2 aromatic carbocycles. The van der Waals surface area contributed by atoms with Crippen molar-refractivity contribution < 1.29 is 4.79 Å². The van der Waals surface area contributed by atoms with Crippen LogP contribution in [0.1, 0.15) is 36.0 Å². The second kappa shape index (κ2) is 8.49. The summed E-state index contributed by atoms with van der Waals surface area (Å²) in [5, 5.41) is 3.06. The maximum Gasteiger partial charge on any atom is 0.220 e. The van der Waals surface area contributed by atoms with Crippen molar-refractivity contribution in [3.05, 3.63) is 71.3 Å². The fraction of sp³-hybridized carbons (Fsp3) is 0.350. The van der Waals surface area contributed by atoms with Crippen molar-refractivity contribution in [3.63, 3.8) is 0 Å². The summed E-state index contributed by atoms with van der Waals surface area (Å²) in [4.78, 5) is 14.3. The smallest absolute Gasteiger partial charge is 0.220 e. The summed E-state index contributed by atoms with van der Waals surface area (Å²) in [6.07, 6.45) is 0.514. The Balaban J connectivity index is 1.90. The SMILES string of the molecule is CC(CC(=O)NCc1ccccc1CN(C)C)c1ccccc1. The van der Waals surface area contributed by atoms with Gasteiger partial charge in [0.2, 0.25) is 5.91 Å². The molecule has 0 spiro atoms. The molecule has 0 saturated heterocycles. The Bertz CT molecular complexity index is 623. The summed E-state index contributed by atoms with van der Waals surface area (Å²) in [7, 11) is 4.10. The van der Waals surface area contributed by atoms with Crippen LogP contribution >= 0.6 is 0 Å². The van der Waals surface area contributed by atoms with Gasteiger partial charge in [-0.2, -0.15) is 0 Å². The lowest BCUT2D eigenvalue weighted by molar-refractivity contribution is -0.121. The van der Waals surface area contributed by atoms with Crippen LogP contribution in [0.25, 0.3) is 0 Å². The average Bonchev–Trinajstić information content (AvgIpc) is 2.54. The van der Waals surface area contributed by atoms with Crippen LogP contribution in [-0.2, 0) is 17.9 Å². The van der Waals surface area contributed by atoms with Crippen LogP contribution in [0.15, 0.2) is 54.6 Å². The van der Waals surface area contributed by atoms with E-state index in [1.54, 1.807) is 0 Å². The Morgan fingerprint density at radius 2 is 1.61 bits per heavy atom. The molecule has 1 amide bonds. The van der Waals surface area contributed by atoms with Gasteiger partial charge in [0.1, 0.15) is 0 Å². The van der Waals surface area contributed by atoms with E-state index in [4.69, 9.17) is 0 Å². The van der Waals surface area contributed by atoms with E-state index in [9.17, 15) is 4.79 Å². The zero-order chi connectivity index (χ0) is 16.7. The second-order valence-electron chi connectivity index (χ2n) is 6.30. The van der Waals surface area contributed by atoms with Gasteiger partial charge >= 0.3 is 0 Å². The van der Waals surface area contributed by atoms with Crippen LogP contribution in [0, 0.1) is 0 Å². The van der Waals surface area contributed by atoms with E-state index in [0.29, 0.717) is 13.0 Å². The minimum absolute atomic E-state index is 0.0982. The van der Waals surface area contributed by atoms with Gasteiger partial charge in [0.05, 0.1) is 0 Å². The molecule has 0 heterocycles. The van der Waals surface area contributed by atoms with Crippen LogP contribution in [0.3, 0.4) is 0 Å².